The number of amides is 2. The summed E-state index contributed by atoms with van der Waals surface area (Å²) in [5.74, 6) is -0.456. The van der Waals surface area contributed by atoms with Gasteiger partial charge in [0.1, 0.15) is 0 Å². The molecule has 0 aliphatic heterocycles. The van der Waals surface area contributed by atoms with Crippen molar-refractivity contribution >= 4 is 21.8 Å². The van der Waals surface area contributed by atoms with Crippen molar-refractivity contribution in [1.29, 1.82) is 0 Å². The van der Waals surface area contributed by atoms with Crippen LogP contribution >= 0.6 is 0 Å². The summed E-state index contributed by atoms with van der Waals surface area (Å²) < 4.78 is 26.2. The van der Waals surface area contributed by atoms with Gasteiger partial charge < -0.3 is 10.2 Å². The zero-order valence-electron chi connectivity index (χ0n) is 17.6. The average Bonchev–Trinajstić information content (AvgIpc) is 2.67. The van der Waals surface area contributed by atoms with Crippen molar-refractivity contribution in [2.24, 2.45) is 0 Å². The van der Waals surface area contributed by atoms with E-state index in [1.807, 2.05) is 0 Å². The van der Waals surface area contributed by atoms with Gasteiger partial charge in [0.05, 0.1) is 4.90 Å². The van der Waals surface area contributed by atoms with E-state index in [0.29, 0.717) is 11.1 Å². The van der Waals surface area contributed by atoms with E-state index in [1.54, 1.807) is 58.3 Å². The fourth-order valence-corrected chi connectivity index (χ4v) is 3.95. The van der Waals surface area contributed by atoms with Crippen molar-refractivity contribution in [3.05, 3.63) is 64.2 Å². The summed E-state index contributed by atoms with van der Waals surface area (Å²) in [6, 6.07) is 10.1. The molecule has 0 radical (unpaired) electrons. The number of benzene rings is 2. The SMILES string of the molecule is Cc1cc(C(=O)NCc2ccc(C(=O)N(C)C)cc2)cc(S(=O)(=O)N(C)C)c1C. The van der Waals surface area contributed by atoms with Crippen molar-refractivity contribution in [3.63, 3.8) is 0 Å². The number of hydrogen-bond acceptors (Lipinski definition) is 4. The Labute approximate surface area is 172 Å². The standard InChI is InChI=1S/C21H27N3O4S/c1-14-11-18(12-19(15(14)2)29(27,28)24(5)6)20(25)22-13-16-7-9-17(10-8-16)21(26)23(3)4/h7-12H,13H2,1-6H3,(H,22,25). The molecule has 0 bridgehead atoms. The summed E-state index contributed by atoms with van der Waals surface area (Å²) in [5, 5.41) is 2.80. The Balaban J connectivity index is 2.19. The third-order valence-corrected chi connectivity index (χ3v) is 6.64. The van der Waals surface area contributed by atoms with Gasteiger partial charge in [-0.15, -0.1) is 0 Å². The molecule has 0 unspecified atom stereocenters. The second-order valence-corrected chi connectivity index (χ2v) is 9.40. The zero-order valence-corrected chi connectivity index (χ0v) is 18.4. The molecule has 2 amide bonds. The van der Waals surface area contributed by atoms with E-state index in [2.05, 4.69) is 5.32 Å². The summed E-state index contributed by atoms with van der Waals surface area (Å²) in [7, 11) is 2.63. The van der Waals surface area contributed by atoms with E-state index < -0.39 is 10.0 Å². The minimum atomic E-state index is -3.66. The summed E-state index contributed by atoms with van der Waals surface area (Å²) in [5.41, 5.74) is 3.03. The highest BCUT2D eigenvalue weighted by Crippen LogP contribution is 2.23. The molecule has 0 aromatic heterocycles. The average molecular weight is 418 g/mol. The second kappa shape index (κ2) is 8.75. The molecule has 0 spiro atoms. The largest absolute Gasteiger partial charge is 0.348 e. The van der Waals surface area contributed by atoms with E-state index >= 15 is 0 Å². The van der Waals surface area contributed by atoms with Gasteiger partial charge in [-0.25, -0.2) is 12.7 Å². The quantitative estimate of drug-likeness (QED) is 0.781. The summed E-state index contributed by atoms with van der Waals surface area (Å²) in [4.78, 5) is 26.2. The van der Waals surface area contributed by atoms with E-state index in [1.165, 1.54) is 25.1 Å². The first-order chi connectivity index (χ1) is 13.4. The van der Waals surface area contributed by atoms with Crippen LogP contribution in [0.4, 0.5) is 0 Å². The fraction of sp³-hybridized carbons (Fsp3) is 0.333. The first kappa shape index (κ1) is 22.6. The van der Waals surface area contributed by atoms with Crippen LogP contribution in [-0.2, 0) is 16.6 Å². The van der Waals surface area contributed by atoms with Crippen molar-refractivity contribution < 1.29 is 18.0 Å². The Morgan fingerprint density at radius 3 is 2.03 bits per heavy atom. The molecule has 0 saturated carbocycles. The van der Waals surface area contributed by atoms with Crippen molar-refractivity contribution in [2.45, 2.75) is 25.3 Å². The van der Waals surface area contributed by atoms with Crippen LogP contribution in [-0.4, -0.2) is 57.6 Å². The van der Waals surface area contributed by atoms with Gasteiger partial charge in [0.15, 0.2) is 0 Å². The van der Waals surface area contributed by atoms with Gasteiger partial charge >= 0.3 is 0 Å². The van der Waals surface area contributed by atoms with E-state index in [9.17, 15) is 18.0 Å². The van der Waals surface area contributed by atoms with Gasteiger partial charge in [-0.05, 0) is 54.8 Å². The zero-order chi connectivity index (χ0) is 21.9. The Morgan fingerprint density at radius 1 is 0.931 bits per heavy atom. The number of rotatable bonds is 6. The number of nitrogens with one attached hydrogen (secondary N) is 1. The lowest BCUT2D eigenvalue weighted by molar-refractivity contribution is 0.0827. The maximum Gasteiger partial charge on any atom is 0.253 e. The predicted molar refractivity (Wildman–Crippen MR) is 112 cm³/mol. The lowest BCUT2D eigenvalue weighted by Gasteiger charge is -2.16. The van der Waals surface area contributed by atoms with Crippen LogP contribution in [0.3, 0.4) is 0 Å². The fourth-order valence-electron chi connectivity index (χ4n) is 2.73. The summed E-state index contributed by atoms with van der Waals surface area (Å²) in [6.07, 6.45) is 0. The number of sulfonamides is 1. The van der Waals surface area contributed by atoms with Gasteiger partial charge in [-0.1, -0.05) is 12.1 Å². The van der Waals surface area contributed by atoms with Crippen molar-refractivity contribution in [1.82, 2.24) is 14.5 Å². The molecule has 2 rings (SSSR count). The number of hydrogen-bond donors (Lipinski definition) is 1. The summed E-state index contributed by atoms with van der Waals surface area (Å²) in [6.45, 7) is 3.77. The van der Waals surface area contributed by atoms with Gasteiger partial charge in [0.2, 0.25) is 10.0 Å². The molecule has 29 heavy (non-hydrogen) atoms. The molecule has 0 heterocycles. The predicted octanol–water partition coefficient (Wildman–Crippen LogP) is 2.19. The topological polar surface area (TPSA) is 86.8 Å². The maximum atomic E-state index is 12.6. The van der Waals surface area contributed by atoms with Crippen LogP contribution in [0, 0.1) is 13.8 Å². The molecule has 7 nitrogen and oxygen atoms in total. The number of carbonyl (C=O) groups excluding carboxylic acids is 2. The highest BCUT2D eigenvalue weighted by Gasteiger charge is 2.23. The van der Waals surface area contributed by atoms with Crippen LogP contribution < -0.4 is 5.32 Å². The molecule has 0 atom stereocenters. The smallest absolute Gasteiger partial charge is 0.253 e. The van der Waals surface area contributed by atoms with Gasteiger partial charge in [0, 0.05) is 45.9 Å². The highest BCUT2D eigenvalue weighted by atomic mass is 32.2. The Morgan fingerprint density at radius 2 is 1.52 bits per heavy atom. The van der Waals surface area contributed by atoms with Gasteiger partial charge in [-0.3, -0.25) is 9.59 Å². The molecule has 0 saturated heterocycles. The molecule has 0 aliphatic carbocycles. The van der Waals surface area contributed by atoms with Crippen molar-refractivity contribution in [2.75, 3.05) is 28.2 Å². The normalized spacial score (nSPS) is 11.4. The molecule has 8 heteroatoms. The second-order valence-electron chi connectivity index (χ2n) is 7.28. The van der Waals surface area contributed by atoms with Crippen LogP contribution in [0.15, 0.2) is 41.3 Å². The lowest BCUT2D eigenvalue weighted by atomic mass is 10.1. The van der Waals surface area contributed by atoms with Gasteiger partial charge in [-0.2, -0.15) is 0 Å². The van der Waals surface area contributed by atoms with Crippen LogP contribution in [0.5, 0.6) is 0 Å². The Kier molecular flexibility index (Phi) is 6.81. The molecular weight excluding hydrogens is 390 g/mol. The van der Waals surface area contributed by atoms with Crippen LogP contribution in [0.1, 0.15) is 37.4 Å². The van der Waals surface area contributed by atoms with E-state index in [0.717, 1.165) is 15.4 Å². The molecule has 0 aliphatic rings. The number of aryl methyl sites for hydroxylation is 1. The summed E-state index contributed by atoms with van der Waals surface area (Å²) >= 11 is 0. The van der Waals surface area contributed by atoms with Crippen molar-refractivity contribution in [3.8, 4) is 0 Å². The molecule has 1 N–H and O–H groups in total. The third kappa shape index (κ3) is 5.02. The van der Waals surface area contributed by atoms with E-state index in [4.69, 9.17) is 0 Å². The lowest BCUT2D eigenvalue weighted by Crippen LogP contribution is -2.26. The van der Waals surface area contributed by atoms with Crippen LogP contribution in [0.25, 0.3) is 0 Å². The first-order valence-corrected chi connectivity index (χ1v) is 10.5. The number of carbonyl (C=O) groups is 2. The molecule has 2 aromatic carbocycles. The minimum Gasteiger partial charge on any atom is -0.348 e. The monoisotopic (exact) mass is 417 g/mol. The van der Waals surface area contributed by atoms with Crippen LogP contribution in [0.2, 0.25) is 0 Å². The highest BCUT2D eigenvalue weighted by molar-refractivity contribution is 7.89. The Bertz CT molecular complexity index is 1030. The van der Waals surface area contributed by atoms with Gasteiger partial charge in [0.25, 0.3) is 11.8 Å². The molecular formula is C21H27N3O4S. The first-order valence-electron chi connectivity index (χ1n) is 9.07. The molecule has 0 fully saturated rings. The van der Waals surface area contributed by atoms with E-state index in [-0.39, 0.29) is 28.8 Å². The molecule has 156 valence electrons. The third-order valence-electron chi connectivity index (χ3n) is 4.70. The number of nitrogens with zero attached hydrogens (tertiary/aromatic N) is 2. The molecule has 2 aromatic rings. The maximum absolute atomic E-state index is 12.6. The minimum absolute atomic E-state index is 0.0923. The Hall–Kier alpha value is -2.71.